The molecule has 4 nitrogen and oxygen atoms in total. The molecule has 1 aromatic rings. The molecule has 4 N–H and O–H groups in total. The lowest BCUT2D eigenvalue weighted by molar-refractivity contribution is -0.405. The van der Waals surface area contributed by atoms with Gasteiger partial charge >= 0.3 is 0 Å². The number of carbonyl (C=O) groups is 1. The Morgan fingerprint density at radius 2 is 1.90 bits per heavy atom. The number of quaternary nitrogens is 1. The van der Waals surface area contributed by atoms with Gasteiger partial charge in [-0.15, -0.1) is 0 Å². The molecule has 6 heteroatoms. The number of aliphatic hydroxyl groups excluding tert-OH is 1. The molecule has 1 atom stereocenters. The highest BCUT2D eigenvalue weighted by molar-refractivity contribution is 5.80. The molecular formula is C14H20ClFN2O2. The van der Waals surface area contributed by atoms with E-state index in [1.807, 2.05) is 0 Å². The van der Waals surface area contributed by atoms with E-state index in [1.54, 1.807) is 17.0 Å². The summed E-state index contributed by atoms with van der Waals surface area (Å²) >= 11 is 0. The van der Waals surface area contributed by atoms with Gasteiger partial charge in [0.25, 0.3) is 5.91 Å². The molecule has 0 spiro atoms. The van der Waals surface area contributed by atoms with E-state index in [2.05, 4.69) is 5.73 Å². The summed E-state index contributed by atoms with van der Waals surface area (Å²) in [5, 5.41) is 9.42. The molecular weight excluding hydrogens is 283 g/mol. The van der Waals surface area contributed by atoms with E-state index in [0.29, 0.717) is 32.4 Å². The van der Waals surface area contributed by atoms with E-state index < -0.39 is 0 Å². The summed E-state index contributed by atoms with van der Waals surface area (Å²) in [4.78, 5) is 13.9. The first-order valence-corrected chi connectivity index (χ1v) is 6.60. The first kappa shape index (κ1) is 16.9. The minimum Gasteiger partial charge on any atom is -1.00 e. The molecule has 0 unspecified atom stereocenters. The van der Waals surface area contributed by atoms with Gasteiger partial charge in [-0.25, -0.2) is 4.39 Å². The molecule has 0 bridgehead atoms. The summed E-state index contributed by atoms with van der Waals surface area (Å²) in [5.41, 5.74) is 4.81. The number of hydrogen-bond donors (Lipinski definition) is 2. The predicted molar refractivity (Wildman–Crippen MR) is 68.6 cm³/mol. The summed E-state index contributed by atoms with van der Waals surface area (Å²) < 4.78 is 12.8. The van der Waals surface area contributed by atoms with Gasteiger partial charge in [0.05, 0.1) is 6.10 Å². The lowest BCUT2D eigenvalue weighted by atomic mass is 10.0. The highest BCUT2D eigenvalue weighted by Crippen LogP contribution is 2.12. The van der Waals surface area contributed by atoms with Crippen LogP contribution in [-0.4, -0.2) is 41.1 Å². The third-order valence-electron chi connectivity index (χ3n) is 3.52. The highest BCUT2D eigenvalue weighted by Gasteiger charge is 2.27. The van der Waals surface area contributed by atoms with Crippen molar-refractivity contribution in [2.45, 2.75) is 31.4 Å². The molecule has 1 aliphatic heterocycles. The fraction of sp³-hybridized carbons (Fsp3) is 0.500. The van der Waals surface area contributed by atoms with E-state index in [4.69, 9.17) is 0 Å². The maximum Gasteiger partial charge on any atom is 0.281 e. The van der Waals surface area contributed by atoms with Crippen molar-refractivity contribution in [1.82, 2.24) is 4.90 Å². The number of nitrogens with zero attached hydrogens (tertiary/aromatic N) is 1. The van der Waals surface area contributed by atoms with Crippen LogP contribution in [0.25, 0.3) is 0 Å². The second-order valence-corrected chi connectivity index (χ2v) is 5.08. The number of rotatable bonds is 3. The topological polar surface area (TPSA) is 68.2 Å². The number of piperidine rings is 1. The molecule has 1 saturated heterocycles. The summed E-state index contributed by atoms with van der Waals surface area (Å²) in [6, 6.07) is 5.79. The number of halogens is 2. The van der Waals surface area contributed by atoms with Crippen LogP contribution >= 0.6 is 0 Å². The molecule has 0 aromatic heterocycles. The Balaban J connectivity index is 0.00000200. The van der Waals surface area contributed by atoms with Crippen molar-refractivity contribution >= 4 is 5.91 Å². The van der Waals surface area contributed by atoms with Crippen molar-refractivity contribution < 1.29 is 32.4 Å². The van der Waals surface area contributed by atoms with Crippen LogP contribution in [0.3, 0.4) is 0 Å². The van der Waals surface area contributed by atoms with Gasteiger partial charge < -0.3 is 28.1 Å². The van der Waals surface area contributed by atoms with Crippen LogP contribution < -0.4 is 18.1 Å². The zero-order valence-corrected chi connectivity index (χ0v) is 12.0. The third-order valence-corrected chi connectivity index (χ3v) is 3.52. The SMILES string of the molecule is [Cl-].[NH3+][C@@H](Cc1ccc(F)cc1)C(=O)N1CCC(O)CC1. The quantitative estimate of drug-likeness (QED) is 0.624. The molecule has 1 aliphatic rings. The van der Waals surface area contributed by atoms with E-state index in [-0.39, 0.29) is 36.3 Å². The van der Waals surface area contributed by atoms with Gasteiger partial charge in [0.2, 0.25) is 0 Å². The molecule has 1 heterocycles. The zero-order chi connectivity index (χ0) is 13.8. The van der Waals surface area contributed by atoms with Crippen molar-refractivity contribution in [2.24, 2.45) is 0 Å². The first-order chi connectivity index (χ1) is 9.06. The number of hydrogen-bond acceptors (Lipinski definition) is 2. The lowest BCUT2D eigenvalue weighted by Crippen LogP contribution is -3.00. The van der Waals surface area contributed by atoms with Crippen molar-refractivity contribution in [3.63, 3.8) is 0 Å². The normalized spacial score (nSPS) is 17.4. The lowest BCUT2D eigenvalue weighted by Gasteiger charge is -2.30. The largest absolute Gasteiger partial charge is 1.00 e. The second-order valence-electron chi connectivity index (χ2n) is 5.08. The number of carbonyl (C=O) groups excluding carboxylic acids is 1. The van der Waals surface area contributed by atoms with E-state index in [0.717, 1.165) is 5.56 Å². The second kappa shape index (κ2) is 7.57. The van der Waals surface area contributed by atoms with Gasteiger partial charge in [-0.3, -0.25) is 4.79 Å². The van der Waals surface area contributed by atoms with E-state index in [1.165, 1.54) is 12.1 Å². The van der Waals surface area contributed by atoms with Gasteiger partial charge in [0, 0.05) is 19.5 Å². The maximum absolute atomic E-state index is 12.8. The van der Waals surface area contributed by atoms with Crippen LogP contribution in [0.1, 0.15) is 18.4 Å². The molecule has 1 amide bonds. The Morgan fingerprint density at radius 3 is 2.45 bits per heavy atom. The molecule has 0 aliphatic carbocycles. The number of aliphatic hydroxyl groups is 1. The fourth-order valence-electron chi connectivity index (χ4n) is 2.34. The van der Waals surface area contributed by atoms with Gasteiger partial charge in [0.15, 0.2) is 6.04 Å². The van der Waals surface area contributed by atoms with Crippen molar-refractivity contribution in [3.05, 3.63) is 35.6 Å². The van der Waals surface area contributed by atoms with Crippen molar-refractivity contribution in [1.29, 1.82) is 0 Å². The Kier molecular flexibility index (Phi) is 6.39. The van der Waals surface area contributed by atoms with Gasteiger partial charge in [-0.2, -0.15) is 0 Å². The predicted octanol–water partition coefficient (Wildman–Crippen LogP) is -3.03. The van der Waals surface area contributed by atoms with Crippen LogP contribution in [0.5, 0.6) is 0 Å². The Hall–Kier alpha value is -1.17. The average molecular weight is 303 g/mol. The van der Waals surface area contributed by atoms with Crippen molar-refractivity contribution in [2.75, 3.05) is 13.1 Å². The van der Waals surface area contributed by atoms with Gasteiger partial charge in [-0.05, 0) is 30.5 Å². The Bertz CT molecular complexity index is 433. The molecule has 0 radical (unpaired) electrons. The maximum atomic E-state index is 12.8. The molecule has 1 fully saturated rings. The molecule has 0 saturated carbocycles. The minimum absolute atomic E-state index is 0. The number of benzene rings is 1. The Labute approximate surface area is 124 Å². The number of likely N-dealkylation sites (tertiary alicyclic amines) is 1. The van der Waals surface area contributed by atoms with Crippen molar-refractivity contribution in [3.8, 4) is 0 Å². The summed E-state index contributed by atoms with van der Waals surface area (Å²) in [6.45, 7) is 1.19. The molecule has 112 valence electrons. The van der Waals surface area contributed by atoms with E-state index in [9.17, 15) is 14.3 Å². The smallest absolute Gasteiger partial charge is 0.281 e. The van der Waals surface area contributed by atoms with Gasteiger partial charge in [-0.1, -0.05) is 12.1 Å². The van der Waals surface area contributed by atoms with Crippen LogP contribution in [0.2, 0.25) is 0 Å². The fourth-order valence-corrected chi connectivity index (χ4v) is 2.34. The molecule has 1 aromatic carbocycles. The minimum atomic E-state index is -0.360. The van der Waals surface area contributed by atoms with Crippen LogP contribution in [0.15, 0.2) is 24.3 Å². The van der Waals surface area contributed by atoms with E-state index >= 15 is 0 Å². The van der Waals surface area contributed by atoms with Crippen LogP contribution in [0, 0.1) is 5.82 Å². The van der Waals surface area contributed by atoms with Crippen LogP contribution in [0.4, 0.5) is 4.39 Å². The summed E-state index contributed by atoms with van der Waals surface area (Å²) in [6.07, 6.45) is 1.49. The standard InChI is InChI=1S/C14H19FN2O2.ClH/c15-11-3-1-10(2-4-11)9-13(16)14(19)17-7-5-12(18)6-8-17;/h1-4,12-13,18H,5-9,16H2;1H/t13-;/m0./s1. The average Bonchev–Trinajstić information content (AvgIpc) is 2.41. The first-order valence-electron chi connectivity index (χ1n) is 6.60. The summed E-state index contributed by atoms with van der Waals surface area (Å²) in [7, 11) is 0. The van der Waals surface area contributed by atoms with Crippen LogP contribution in [-0.2, 0) is 11.2 Å². The molecule has 2 rings (SSSR count). The number of amides is 1. The molecule has 20 heavy (non-hydrogen) atoms. The summed E-state index contributed by atoms with van der Waals surface area (Å²) in [5.74, 6) is -0.267. The monoisotopic (exact) mass is 302 g/mol. The highest BCUT2D eigenvalue weighted by atomic mass is 35.5. The Morgan fingerprint density at radius 1 is 1.35 bits per heavy atom. The van der Waals surface area contributed by atoms with Gasteiger partial charge in [0.1, 0.15) is 5.82 Å². The zero-order valence-electron chi connectivity index (χ0n) is 11.3. The third kappa shape index (κ3) is 4.44.